The van der Waals surface area contributed by atoms with Gasteiger partial charge < -0.3 is 9.47 Å². The van der Waals surface area contributed by atoms with Gasteiger partial charge in [0.25, 0.3) is 0 Å². The summed E-state index contributed by atoms with van der Waals surface area (Å²) in [5, 5.41) is 0. The van der Waals surface area contributed by atoms with Crippen LogP contribution in [0, 0.1) is 0 Å². The summed E-state index contributed by atoms with van der Waals surface area (Å²) in [7, 11) is 1.17. The summed E-state index contributed by atoms with van der Waals surface area (Å²) < 4.78 is 19.3. The van der Waals surface area contributed by atoms with Crippen molar-refractivity contribution in [2.75, 3.05) is 20.4 Å². The zero-order valence-corrected chi connectivity index (χ0v) is 4.52. The molecule has 0 aromatic carbocycles. The highest BCUT2D eigenvalue weighted by molar-refractivity contribution is 5.59. The summed E-state index contributed by atoms with van der Waals surface area (Å²) >= 11 is 0. The number of hydrogen-bond donors (Lipinski definition) is 0. The molecular weight excluding hydrogens is 115 g/mol. The zero-order valence-electron chi connectivity index (χ0n) is 4.52. The lowest BCUT2D eigenvalue weighted by molar-refractivity contribution is 0.0679. The van der Waals surface area contributed by atoms with E-state index in [1.165, 1.54) is 7.11 Å². The van der Waals surface area contributed by atoms with Crippen molar-refractivity contribution in [3.05, 3.63) is 0 Å². The highest BCUT2D eigenvalue weighted by atomic mass is 19.1. The van der Waals surface area contributed by atoms with Crippen LogP contribution in [0.1, 0.15) is 0 Å². The van der Waals surface area contributed by atoms with E-state index in [9.17, 15) is 9.18 Å². The maximum atomic E-state index is 11.2. The molecule has 0 aromatic heterocycles. The summed E-state index contributed by atoms with van der Waals surface area (Å²) in [5.74, 6) is 0. The average molecular weight is 122 g/mol. The fraction of sp³-hybridized carbons (Fsp3) is 0.750. The number of carbonyl (C=O) groups excluding carboxylic acids is 1. The summed E-state index contributed by atoms with van der Waals surface area (Å²) in [6, 6.07) is 0. The Bertz CT molecular complexity index is 73.7. The molecule has 0 atom stereocenters. The van der Waals surface area contributed by atoms with Crippen molar-refractivity contribution >= 4 is 6.16 Å². The first kappa shape index (κ1) is 7.20. The SMILES string of the molecule is COC(=O)OCCF. The first-order valence-electron chi connectivity index (χ1n) is 2.08. The quantitative estimate of drug-likeness (QED) is 0.506. The van der Waals surface area contributed by atoms with Crippen molar-refractivity contribution in [2.24, 2.45) is 0 Å². The molecule has 0 bridgehead atoms. The fourth-order valence-electron chi connectivity index (χ4n) is 0.181. The van der Waals surface area contributed by atoms with E-state index in [0.717, 1.165) is 0 Å². The van der Waals surface area contributed by atoms with Crippen molar-refractivity contribution in [2.45, 2.75) is 0 Å². The molecule has 0 saturated heterocycles. The molecule has 0 rings (SSSR count). The Morgan fingerprint density at radius 1 is 1.75 bits per heavy atom. The topological polar surface area (TPSA) is 35.5 Å². The van der Waals surface area contributed by atoms with Crippen LogP contribution < -0.4 is 0 Å². The van der Waals surface area contributed by atoms with Gasteiger partial charge in [-0.1, -0.05) is 0 Å². The van der Waals surface area contributed by atoms with Crippen molar-refractivity contribution in [3.8, 4) is 0 Å². The van der Waals surface area contributed by atoms with Crippen molar-refractivity contribution in [1.29, 1.82) is 0 Å². The van der Waals surface area contributed by atoms with Gasteiger partial charge in [0, 0.05) is 0 Å². The van der Waals surface area contributed by atoms with Crippen LogP contribution in [0.2, 0.25) is 0 Å². The van der Waals surface area contributed by atoms with Crippen LogP contribution in [0.3, 0.4) is 0 Å². The van der Waals surface area contributed by atoms with E-state index in [-0.39, 0.29) is 6.61 Å². The zero-order chi connectivity index (χ0) is 6.41. The second kappa shape index (κ2) is 4.36. The fourth-order valence-corrected chi connectivity index (χ4v) is 0.181. The van der Waals surface area contributed by atoms with Crippen molar-refractivity contribution in [1.82, 2.24) is 0 Å². The summed E-state index contributed by atoms with van der Waals surface area (Å²) in [4.78, 5) is 9.96. The third-order valence-corrected chi connectivity index (χ3v) is 0.464. The Balaban J connectivity index is 2.99. The maximum Gasteiger partial charge on any atom is 0.508 e. The first-order valence-corrected chi connectivity index (χ1v) is 2.08. The Kier molecular flexibility index (Phi) is 3.93. The molecule has 0 aliphatic rings. The van der Waals surface area contributed by atoms with Gasteiger partial charge >= 0.3 is 6.16 Å². The minimum atomic E-state index is -0.845. The lowest BCUT2D eigenvalue weighted by atomic mass is 10.8. The molecule has 3 nitrogen and oxygen atoms in total. The molecule has 0 amide bonds. The molecular formula is C4H7FO3. The van der Waals surface area contributed by atoms with E-state index in [2.05, 4.69) is 9.47 Å². The lowest BCUT2D eigenvalue weighted by Crippen LogP contribution is -2.05. The van der Waals surface area contributed by atoms with Crippen molar-refractivity contribution < 1.29 is 18.7 Å². The van der Waals surface area contributed by atoms with E-state index >= 15 is 0 Å². The van der Waals surface area contributed by atoms with Gasteiger partial charge in [0.05, 0.1) is 7.11 Å². The number of halogens is 1. The highest BCUT2D eigenvalue weighted by Crippen LogP contribution is 1.80. The molecule has 0 saturated carbocycles. The van der Waals surface area contributed by atoms with Crippen LogP contribution in [0.5, 0.6) is 0 Å². The largest absolute Gasteiger partial charge is 0.508 e. The van der Waals surface area contributed by atoms with Gasteiger partial charge in [-0.2, -0.15) is 0 Å². The minimum absolute atomic E-state index is 0.229. The van der Waals surface area contributed by atoms with Gasteiger partial charge in [0.15, 0.2) is 0 Å². The lowest BCUT2D eigenvalue weighted by Gasteiger charge is -1.96. The normalized spacial score (nSPS) is 8.25. The molecule has 0 heterocycles. The molecule has 48 valence electrons. The van der Waals surface area contributed by atoms with Crippen LogP contribution >= 0.6 is 0 Å². The Morgan fingerprint density at radius 2 is 2.38 bits per heavy atom. The minimum Gasteiger partial charge on any atom is -0.438 e. The molecule has 0 radical (unpaired) electrons. The number of carbonyl (C=O) groups is 1. The van der Waals surface area contributed by atoms with Gasteiger partial charge in [-0.15, -0.1) is 0 Å². The van der Waals surface area contributed by atoms with E-state index in [4.69, 9.17) is 0 Å². The van der Waals surface area contributed by atoms with Gasteiger partial charge in [-0.3, -0.25) is 0 Å². The summed E-state index contributed by atoms with van der Waals surface area (Å²) in [6.07, 6.45) is -0.845. The second-order valence-corrected chi connectivity index (χ2v) is 0.992. The van der Waals surface area contributed by atoms with Gasteiger partial charge in [0.2, 0.25) is 0 Å². The molecule has 0 aliphatic carbocycles. The van der Waals surface area contributed by atoms with Crippen LogP contribution in [0.25, 0.3) is 0 Å². The monoisotopic (exact) mass is 122 g/mol. The molecule has 4 heteroatoms. The van der Waals surface area contributed by atoms with Crippen LogP contribution in [-0.4, -0.2) is 26.5 Å². The number of hydrogen-bond acceptors (Lipinski definition) is 3. The van der Waals surface area contributed by atoms with Crippen LogP contribution in [0.4, 0.5) is 9.18 Å². The van der Waals surface area contributed by atoms with E-state index in [0.29, 0.717) is 0 Å². The van der Waals surface area contributed by atoms with Gasteiger partial charge in [-0.25, -0.2) is 9.18 Å². The summed E-state index contributed by atoms with van der Waals surface area (Å²) in [5.41, 5.74) is 0. The second-order valence-electron chi connectivity index (χ2n) is 0.992. The van der Waals surface area contributed by atoms with E-state index in [1.54, 1.807) is 0 Å². The first-order chi connectivity index (χ1) is 3.81. The molecule has 0 aliphatic heterocycles. The van der Waals surface area contributed by atoms with Gasteiger partial charge in [0.1, 0.15) is 13.3 Å². The molecule has 0 N–H and O–H groups in total. The number of rotatable bonds is 2. The Morgan fingerprint density at radius 3 is 2.75 bits per heavy atom. The van der Waals surface area contributed by atoms with Crippen LogP contribution in [-0.2, 0) is 9.47 Å². The third-order valence-electron chi connectivity index (χ3n) is 0.464. The smallest absolute Gasteiger partial charge is 0.438 e. The molecule has 0 fully saturated rings. The number of ether oxygens (including phenoxy) is 2. The Labute approximate surface area is 46.4 Å². The summed E-state index contributed by atoms with van der Waals surface area (Å²) in [6.45, 7) is -0.901. The number of methoxy groups -OCH3 is 1. The molecule has 8 heavy (non-hydrogen) atoms. The standard InChI is InChI=1S/C4H7FO3/c1-7-4(6)8-3-2-5/h2-3H2,1H3. The third kappa shape index (κ3) is 3.39. The van der Waals surface area contributed by atoms with E-state index < -0.39 is 12.8 Å². The molecule has 0 aromatic rings. The number of alkyl halides is 1. The molecule has 0 unspecified atom stereocenters. The van der Waals surface area contributed by atoms with Crippen LogP contribution in [0.15, 0.2) is 0 Å². The van der Waals surface area contributed by atoms with Crippen molar-refractivity contribution in [3.63, 3.8) is 0 Å². The Hall–Kier alpha value is -0.800. The highest BCUT2D eigenvalue weighted by Gasteiger charge is 1.96. The predicted octanol–water partition coefficient (Wildman–Crippen LogP) is 0.739. The average Bonchev–Trinajstić information content (AvgIpc) is 1.83. The molecule has 0 spiro atoms. The van der Waals surface area contributed by atoms with Gasteiger partial charge in [-0.05, 0) is 0 Å². The van der Waals surface area contributed by atoms with E-state index in [1.807, 2.05) is 0 Å². The predicted molar refractivity (Wildman–Crippen MR) is 24.3 cm³/mol. The maximum absolute atomic E-state index is 11.2.